The smallest absolute Gasteiger partial charge is 0.187 e. The number of nitrogens with one attached hydrogen (secondary N) is 2. The Morgan fingerprint density at radius 1 is 1.10 bits per heavy atom. The van der Waals surface area contributed by atoms with Gasteiger partial charge in [-0.25, -0.2) is 14.4 Å². The van der Waals surface area contributed by atoms with Gasteiger partial charge < -0.3 is 15.0 Å². The van der Waals surface area contributed by atoms with Crippen LogP contribution in [0.2, 0.25) is 0 Å². The van der Waals surface area contributed by atoms with Gasteiger partial charge in [0.1, 0.15) is 36.1 Å². The maximum atomic E-state index is 13.1. The molecule has 5 rings (SSSR count). The highest BCUT2D eigenvalue weighted by Crippen LogP contribution is 2.39. The number of morpholine rings is 1. The topological polar surface area (TPSA) is 51.5 Å². The summed E-state index contributed by atoms with van der Waals surface area (Å²) in [7, 11) is 0. The number of thiophene rings is 1. The van der Waals surface area contributed by atoms with Crippen molar-refractivity contribution in [2.45, 2.75) is 32.2 Å². The summed E-state index contributed by atoms with van der Waals surface area (Å²) in [5.74, 6) is 1.70. The van der Waals surface area contributed by atoms with Crippen LogP contribution in [0.4, 0.5) is 10.2 Å². The van der Waals surface area contributed by atoms with E-state index in [-0.39, 0.29) is 5.82 Å². The number of ether oxygens (including phenoxy) is 1. The first-order valence-corrected chi connectivity index (χ1v) is 11.3. The molecule has 29 heavy (non-hydrogen) atoms. The number of hydrogen-bond donors (Lipinski definition) is 2. The Hall–Kier alpha value is -2.09. The minimum absolute atomic E-state index is 0.191. The second-order valence-corrected chi connectivity index (χ2v) is 8.95. The fraction of sp³-hybridized carbons (Fsp3) is 0.455. The predicted octanol–water partition coefficient (Wildman–Crippen LogP) is 2.39. The molecular weight excluding hydrogens is 387 g/mol. The third kappa shape index (κ3) is 4.13. The zero-order valence-corrected chi connectivity index (χ0v) is 17.3. The predicted molar refractivity (Wildman–Crippen MR) is 113 cm³/mol. The number of benzene rings is 1. The van der Waals surface area contributed by atoms with Gasteiger partial charge in [0, 0.05) is 11.4 Å². The van der Waals surface area contributed by atoms with Crippen molar-refractivity contribution in [2.24, 2.45) is 0 Å². The molecule has 1 saturated heterocycles. The number of aromatic nitrogens is 2. The Labute approximate surface area is 173 Å². The van der Waals surface area contributed by atoms with E-state index >= 15 is 0 Å². The molecule has 0 amide bonds. The molecule has 152 valence electrons. The number of aryl methyl sites for hydroxylation is 2. The molecule has 0 radical (unpaired) electrons. The van der Waals surface area contributed by atoms with E-state index in [1.807, 2.05) is 23.5 Å². The van der Waals surface area contributed by atoms with E-state index in [2.05, 4.69) is 5.32 Å². The third-order valence-electron chi connectivity index (χ3n) is 5.84. The van der Waals surface area contributed by atoms with Crippen molar-refractivity contribution in [3.8, 4) is 0 Å². The summed E-state index contributed by atoms with van der Waals surface area (Å²) in [6, 6.07) is 6.74. The zero-order chi connectivity index (χ0) is 19.6. The molecule has 7 heteroatoms. The molecule has 2 aromatic heterocycles. The van der Waals surface area contributed by atoms with E-state index in [0.29, 0.717) is 0 Å². The normalized spacial score (nSPS) is 17.0. The van der Waals surface area contributed by atoms with Crippen molar-refractivity contribution in [1.82, 2.24) is 9.97 Å². The van der Waals surface area contributed by atoms with Crippen molar-refractivity contribution in [3.05, 3.63) is 51.9 Å². The molecule has 2 aliphatic rings. The Kier molecular flexibility index (Phi) is 5.44. The molecule has 1 aliphatic heterocycles. The number of quaternary nitrogens is 1. The monoisotopic (exact) mass is 413 g/mol. The molecule has 0 saturated carbocycles. The molecule has 1 fully saturated rings. The van der Waals surface area contributed by atoms with E-state index in [4.69, 9.17) is 14.7 Å². The van der Waals surface area contributed by atoms with Crippen molar-refractivity contribution >= 4 is 27.4 Å². The van der Waals surface area contributed by atoms with Crippen LogP contribution in [0.15, 0.2) is 24.3 Å². The lowest BCUT2D eigenvalue weighted by Crippen LogP contribution is -3.12. The van der Waals surface area contributed by atoms with Crippen LogP contribution in [0.3, 0.4) is 0 Å². The summed E-state index contributed by atoms with van der Waals surface area (Å²) < 4.78 is 18.6. The summed E-state index contributed by atoms with van der Waals surface area (Å²) in [4.78, 5) is 14.0. The number of rotatable bonds is 6. The van der Waals surface area contributed by atoms with Gasteiger partial charge in [0.25, 0.3) is 0 Å². The number of anilines is 1. The Morgan fingerprint density at radius 3 is 2.76 bits per heavy atom. The quantitative estimate of drug-likeness (QED) is 0.652. The van der Waals surface area contributed by atoms with Crippen molar-refractivity contribution in [3.63, 3.8) is 0 Å². The van der Waals surface area contributed by atoms with Crippen LogP contribution in [0.1, 0.15) is 28.2 Å². The maximum Gasteiger partial charge on any atom is 0.187 e. The minimum atomic E-state index is -0.191. The molecule has 2 N–H and O–H groups in total. The molecular formula is C22H26FN4OS+. The summed E-state index contributed by atoms with van der Waals surface area (Å²) in [6.45, 7) is 5.26. The Morgan fingerprint density at radius 2 is 1.93 bits per heavy atom. The third-order valence-corrected chi connectivity index (χ3v) is 7.02. The van der Waals surface area contributed by atoms with Crippen LogP contribution in [0.25, 0.3) is 10.2 Å². The number of nitrogens with zero attached hydrogens (tertiary/aromatic N) is 2. The maximum absolute atomic E-state index is 13.1. The van der Waals surface area contributed by atoms with Crippen molar-refractivity contribution < 1.29 is 14.0 Å². The first kappa shape index (κ1) is 18.9. The van der Waals surface area contributed by atoms with Gasteiger partial charge in [-0.3, -0.25) is 0 Å². The van der Waals surface area contributed by atoms with Gasteiger partial charge in [-0.2, -0.15) is 0 Å². The van der Waals surface area contributed by atoms with E-state index in [1.54, 1.807) is 0 Å². The summed E-state index contributed by atoms with van der Waals surface area (Å²) >= 11 is 1.84. The summed E-state index contributed by atoms with van der Waals surface area (Å²) in [5, 5.41) is 4.80. The van der Waals surface area contributed by atoms with Gasteiger partial charge in [0.05, 0.1) is 18.6 Å². The highest BCUT2D eigenvalue weighted by Gasteiger charge is 2.24. The van der Waals surface area contributed by atoms with Crippen LogP contribution in [0.5, 0.6) is 0 Å². The molecule has 0 atom stereocenters. The lowest BCUT2D eigenvalue weighted by molar-refractivity contribution is -0.922. The van der Waals surface area contributed by atoms with Crippen molar-refractivity contribution in [2.75, 3.05) is 38.2 Å². The van der Waals surface area contributed by atoms with Gasteiger partial charge in [0.15, 0.2) is 5.82 Å². The average molecular weight is 414 g/mol. The lowest BCUT2D eigenvalue weighted by atomic mass is 10.1. The first-order chi connectivity index (χ1) is 14.3. The largest absolute Gasteiger partial charge is 0.370 e. The van der Waals surface area contributed by atoms with Crippen molar-refractivity contribution in [1.29, 1.82) is 0 Å². The lowest BCUT2D eigenvalue weighted by Gasteiger charge is -2.23. The van der Waals surface area contributed by atoms with Gasteiger partial charge in [-0.15, -0.1) is 11.3 Å². The summed E-state index contributed by atoms with van der Waals surface area (Å²) in [5.41, 5.74) is 2.57. The first-order valence-electron chi connectivity index (χ1n) is 10.5. The molecule has 3 aromatic rings. The summed E-state index contributed by atoms with van der Waals surface area (Å²) in [6.07, 6.45) is 4.35. The van der Waals surface area contributed by atoms with E-state index in [0.717, 1.165) is 80.7 Å². The SMILES string of the molecule is Fc1ccc(CCNc2nc(C[NH+]3CCOCC3)nc3sc4c(c23)CCC4)cc1. The minimum Gasteiger partial charge on any atom is -0.370 e. The van der Waals surface area contributed by atoms with Crippen LogP contribution < -0.4 is 10.2 Å². The number of hydrogen-bond acceptors (Lipinski definition) is 5. The average Bonchev–Trinajstić information content (AvgIpc) is 3.31. The van der Waals surface area contributed by atoms with E-state index in [1.165, 1.54) is 39.3 Å². The van der Waals surface area contributed by atoms with Gasteiger partial charge in [-0.05, 0) is 48.9 Å². The van der Waals surface area contributed by atoms with E-state index < -0.39 is 0 Å². The molecule has 0 spiro atoms. The molecule has 5 nitrogen and oxygen atoms in total. The zero-order valence-electron chi connectivity index (χ0n) is 16.5. The molecule has 0 unspecified atom stereocenters. The van der Waals surface area contributed by atoms with Gasteiger partial charge >= 0.3 is 0 Å². The molecule has 3 heterocycles. The highest BCUT2D eigenvalue weighted by atomic mass is 32.1. The highest BCUT2D eigenvalue weighted by molar-refractivity contribution is 7.19. The fourth-order valence-electron chi connectivity index (χ4n) is 4.28. The standard InChI is InChI=1S/C22H25FN4OS/c23-16-6-4-15(5-7-16)8-9-24-21-20-17-2-1-3-18(17)29-22(20)26-19(25-21)14-27-10-12-28-13-11-27/h4-7H,1-3,8-14H2,(H,24,25,26)/p+1. The van der Waals surface area contributed by atoms with Gasteiger partial charge in [-0.1, -0.05) is 12.1 Å². The van der Waals surface area contributed by atoms with Crippen LogP contribution in [0, 0.1) is 5.82 Å². The Balaban J connectivity index is 1.39. The van der Waals surface area contributed by atoms with Crippen LogP contribution in [-0.4, -0.2) is 42.8 Å². The number of halogens is 1. The Bertz CT molecular complexity index is 998. The second-order valence-electron chi connectivity index (χ2n) is 7.87. The molecule has 1 aromatic carbocycles. The van der Waals surface area contributed by atoms with Gasteiger partial charge in [0.2, 0.25) is 0 Å². The van der Waals surface area contributed by atoms with E-state index in [9.17, 15) is 4.39 Å². The fourth-order valence-corrected chi connectivity index (χ4v) is 5.56. The second kappa shape index (κ2) is 8.34. The molecule has 1 aliphatic carbocycles. The van der Waals surface area contributed by atoms with Crippen LogP contribution >= 0.6 is 11.3 Å². The molecule has 0 bridgehead atoms. The van der Waals surface area contributed by atoms with Crippen LogP contribution in [-0.2, 0) is 30.5 Å². The number of fused-ring (bicyclic) bond motifs is 3.